The lowest BCUT2D eigenvalue weighted by atomic mass is 10.2. The molecule has 0 radical (unpaired) electrons. The third kappa shape index (κ3) is 6.45. The van der Waals surface area contributed by atoms with Crippen LogP contribution in [0.5, 0.6) is 11.5 Å². The van der Waals surface area contributed by atoms with Crippen LogP contribution in [-0.4, -0.2) is 28.4 Å². The highest BCUT2D eigenvalue weighted by atomic mass is 79.9. The average molecular weight is 574 g/mol. The Labute approximate surface area is 218 Å². The first-order valence-corrected chi connectivity index (χ1v) is 12.2. The van der Waals surface area contributed by atoms with Gasteiger partial charge in [0, 0.05) is 10.6 Å². The number of benzene rings is 3. The van der Waals surface area contributed by atoms with E-state index in [0.717, 1.165) is 17.3 Å². The molecular formula is C25H18BrClN2O5S. The third-order valence-corrected chi connectivity index (χ3v) is 6.37. The minimum absolute atomic E-state index is 0.0109. The lowest BCUT2D eigenvalue weighted by Gasteiger charge is -2.14. The number of carboxylic acids is 1. The second kappa shape index (κ2) is 11.4. The molecule has 1 aromatic heterocycles. The molecule has 1 heterocycles. The molecule has 35 heavy (non-hydrogen) atoms. The molecule has 4 aromatic rings. The summed E-state index contributed by atoms with van der Waals surface area (Å²) in [6.45, 7) is 0.355. The van der Waals surface area contributed by atoms with Gasteiger partial charge in [-0.05, 0) is 81.3 Å². The van der Waals surface area contributed by atoms with E-state index in [1.54, 1.807) is 36.4 Å². The van der Waals surface area contributed by atoms with Gasteiger partial charge in [-0.2, -0.15) is 0 Å². The molecule has 1 N–H and O–H groups in total. The number of hydrogen-bond acceptors (Lipinski definition) is 7. The molecule has 0 atom stereocenters. The number of nitrogens with zero attached hydrogens (tertiary/aromatic N) is 2. The first-order valence-electron chi connectivity index (χ1n) is 10.2. The highest BCUT2D eigenvalue weighted by Crippen LogP contribution is 2.39. The van der Waals surface area contributed by atoms with Crippen molar-refractivity contribution in [3.8, 4) is 23.0 Å². The van der Waals surface area contributed by atoms with Gasteiger partial charge < -0.3 is 19.0 Å². The number of halogens is 2. The number of rotatable bonds is 9. The van der Waals surface area contributed by atoms with E-state index in [-0.39, 0.29) is 16.0 Å². The summed E-state index contributed by atoms with van der Waals surface area (Å²) in [6, 6.07) is 20.1. The molecule has 0 saturated heterocycles. The fraction of sp³-hybridized carbons (Fsp3) is 0.0800. The zero-order chi connectivity index (χ0) is 24.8. The minimum Gasteiger partial charge on any atom is -0.493 e. The van der Waals surface area contributed by atoms with Crippen molar-refractivity contribution >= 4 is 51.3 Å². The predicted octanol–water partition coefficient (Wildman–Crippen LogP) is 6.96. The molecule has 0 spiro atoms. The Kier molecular flexibility index (Phi) is 8.12. The predicted molar refractivity (Wildman–Crippen MR) is 138 cm³/mol. The van der Waals surface area contributed by atoms with Crippen molar-refractivity contribution in [3.63, 3.8) is 0 Å². The van der Waals surface area contributed by atoms with Gasteiger partial charge in [0.15, 0.2) is 11.5 Å². The van der Waals surface area contributed by atoms with Crippen LogP contribution in [-0.2, 0) is 11.4 Å². The Morgan fingerprint density at radius 3 is 2.57 bits per heavy atom. The number of carboxylic acid groups (broad SMARTS) is 1. The Bertz CT molecular complexity index is 1360. The maximum absolute atomic E-state index is 11.9. The van der Waals surface area contributed by atoms with Gasteiger partial charge in [-0.3, -0.25) is 0 Å². The quantitative estimate of drug-likeness (QED) is 0.170. The van der Waals surface area contributed by atoms with E-state index in [2.05, 4.69) is 26.1 Å². The molecule has 0 bridgehead atoms. The molecule has 178 valence electrons. The molecule has 3 aromatic carbocycles. The van der Waals surface area contributed by atoms with Crippen LogP contribution in [0.4, 0.5) is 0 Å². The van der Waals surface area contributed by atoms with Crippen molar-refractivity contribution in [2.45, 2.75) is 11.8 Å². The Hall–Kier alpha value is -3.27. The second-order valence-electron chi connectivity index (χ2n) is 7.10. The van der Waals surface area contributed by atoms with E-state index < -0.39 is 5.97 Å². The monoisotopic (exact) mass is 572 g/mol. The van der Waals surface area contributed by atoms with Crippen LogP contribution in [0.15, 0.2) is 85.7 Å². The van der Waals surface area contributed by atoms with Gasteiger partial charge in [0.25, 0.3) is 5.22 Å². The molecule has 0 amide bonds. The zero-order valence-electron chi connectivity index (χ0n) is 18.3. The van der Waals surface area contributed by atoms with Gasteiger partial charge >= 0.3 is 5.97 Å². The first-order chi connectivity index (χ1) is 16.9. The summed E-state index contributed by atoms with van der Waals surface area (Å²) in [5, 5.41) is 18.4. The van der Waals surface area contributed by atoms with E-state index >= 15 is 0 Å². The molecule has 0 aliphatic rings. The number of hydrogen-bond donors (Lipinski definition) is 1. The number of aliphatic carboxylic acids is 1. The Balaban J connectivity index is 1.55. The normalized spacial score (nSPS) is 11.3. The van der Waals surface area contributed by atoms with Crippen molar-refractivity contribution in [3.05, 3.63) is 92.3 Å². The van der Waals surface area contributed by atoms with Crippen LogP contribution in [0.1, 0.15) is 11.1 Å². The van der Waals surface area contributed by atoms with Gasteiger partial charge in [-0.15, -0.1) is 10.2 Å². The SMILES string of the molecule is COc1cc(/C=C(\Sc2nnc(-c3ccc(Cl)cc3)o2)C(=O)O)cc(Br)c1OCc1ccccc1. The first kappa shape index (κ1) is 24.8. The van der Waals surface area contributed by atoms with E-state index in [9.17, 15) is 9.90 Å². The third-order valence-electron chi connectivity index (χ3n) is 4.68. The number of thioether (sulfide) groups is 1. The maximum atomic E-state index is 11.9. The number of ether oxygens (including phenoxy) is 2. The van der Waals surface area contributed by atoms with Crippen LogP contribution < -0.4 is 9.47 Å². The average Bonchev–Trinajstić information content (AvgIpc) is 3.32. The van der Waals surface area contributed by atoms with Crippen molar-refractivity contribution < 1.29 is 23.8 Å². The van der Waals surface area contributed by atoms with Gasteiger partial charge in [0.2, 0.25) is 5.89 Å². The topological polar surface area (TPSA) is 94.7 Å². The molecule has 0 aliphatic heterocycles. The summed E-state index contributed by atoms with van der Waals surface area (Å²) >= 11 is 10.3. The fourth-order valence-electron chi connectivity index (χ4n) is 3.03. The molecule has 0 aliphatic carbocycles. The van der Waals surface area contributed by atoms with E-state index in [1.165, 1.54) is 13.2 Å². The molecule has 0 unspecified atom stereocenters. The van der Waals surface area contributed by atoms with Crippen molar-refractivity contribution in [1.29, 1.82) is 0 Å². The van der Waals surface area contributed by atoms with Crippen molar-refractivity contribution in [1.82, 2.24) is 10.2 Å². The van der Waals surface area contributed by atoms with Crippen molar-refractivity contribution in [2.75, 3.05) is 7.11 Å². The molecule has 10 heteroatoms. The zero-order valence-corrected chi connectivity index (χ0v) is 21.4. The summed E-state index contributed by atoms with van der Waals surface area (Å²) < 4.78 is 17.7. The largest absolute Gasteiger partial charge is 0.493 e. The molecule has 0 saturated carbocycles. The second-order valence-corrected chi connectivity index (χ2v) is 9.39. The van der Waals surface area contributed by atoms with Crippen LogP contribution >= 0.6 is 39.3 Å². The maximum Gasteiger partial charge on any atom is 0.342 e. The number of methoxy groups -OCH3 is 1. The highest BCUT2D eigenvalue weighted by molar-refractivity contribution is 9.10. The van der Waals surface area contributed by atoms with E-state index in [0.29, 0.717) is 38.7 Å². The van der Waals surface area contributed by atoms with E-state index in [1.807, 2.05) is 30.3 Å². The number of aromatic nitrogens is 2. The number of carbonyl (C=O) groups is 1. The minimum atomic E-state index is -1.14. The summed E-state index contributed by atoms with van der Waals surface area (Å²) in [6.07, 6.45) is 1.49. The summed E-state index contributed by atoms with van der Waals surface area (Å²) in [4.78, 5) is 11.9. The molecule has 0 fully saturated rings. The van der Waals surface area contributed by atoms with Crippen molar-refractivity contribution in [2.24, 2.45) is 0 Å². The smallest absolute Gasteiger partial charge is 0.342 e. The van der Waals surface area contributed by atoms with Crippen LogP contribution in [0.25, 0.3) is 17.5 Å². The lowest BCUT2D eigenvalue weighted by Crippen LogP contribution is -2.00. The van der Waals surface area contributed by atoms with Gasteiger partial charge in [0.1, 0.15) is 11.5 Å². The Morgan fingerprint density at radius 1 is 1.14 bits per heavy atom. The van der Waals surface area contributed by atoms with Crippen LogP contribution in [0.3, 0.4) is 0 Å². The van der Waals surface area contributed by atoms with Crippen LogP contribution in [0.2, 0.25) is 5.02 Å². The van der Waals surface area contributed by atoms with Gasteiger partial charge in [-0.25, -0.2) is 4.79 Å². The van der Waals surface area contributed by atoms with Crippen LogP contribution in [0, 0.1) is 0 Å². The molecule has 7 nitrogen and oxygen atoms in total. The Morgan fingerprint density at radius 2 is 1.89 bits per heavy atom. The fourth-order valence-corrected chi connectivity index (χ4v) is 4.41. The summed E-state index contributed by atoms with van der Waals surface area (Å²) in [5.74, 6) is 0.0978. The van der Waals surface area contributed by atoms with E-state index in [4.69, 9.17) is 25.5 Å². The lowest BCUT2D eigenvalue weighted by molar-refractivity contribution is -0.131. The summed E-state index contributed by atoms with van der Waals surface area (Å²) in [7, 11) is 1.52. The standard InChI is InChI=1S/C25H18BrClN2O5S/c1-32-20-12-16(11-19(26)22(20)33-14-15-5-3-2-4-6-15)13-21(24(30)31)35-25-29-28-23(34-25)17-7-9-18(27)10-8-17/h2-13H,14H2,1H3,(H,30,31)/b21-13-. The summed E-state index contributed by atoms with van der Waals surface area (Å²) in [5.41, 5.74) is 2.27. The highest BCUT2D eigenvalue weighted by Gasteiger charge is 2.18. The van der Waals surface area contributed by atoms with Gasteiger partial charge in [-0.1, -0.05) is 41.9 Å². The molecular weight excluding hydrogens is 556 g/mol. The van der Waals surface area contributed by atoms with Gasteiger partial charge in [0.05, 0.1) is 11.6 Å². The molecule has 4 rings (SSSR count).